The summed E-state index contributed by atoms with van der Waals surface area (Å²) in [5.41, 5.74) is 2.53. The summed E-state index contributed by atoms with van der Waals surface area (Å²) in [6, 6.07) is 13.2. The molecule has 4 rings (SSSR count). The van der Waals surface area contributed by atoms with Crippen molar-refractivity contribution in [3.63, 3.8) is 0 Å². The number of carbonyl (C=O) groups excluding carboxylic acids is 1. The lowest BCUT2D eigenvalue weighted by atomic mass is 10.2. The predicted molar refractivity (Wildman–Crippen MR) is 105 cm³/mol. The normalized spacial score (nSPS) is 11.3. The average molecular weight is 399 g/mol. The SMILES string of the molecule is O=C(/C=C/c1ccc(F)cc1)Nc1nc2scc(-c3ccc(Cl)cc3)n2n1. The van der Waals surface area contributed by atoms with E-state index in [9.17, 15) is 9.18 Å². The Kier molecular flexibility index (Phi) is 4.70. The molecule has 0 aliphatic rings. The Morgan fingerprint density at radius 3 is 2.63 bits per heavy atom. The first-order chi connectivity index (χ1) is 13.1. The third-order valence-corrected chi connectivity index (χ3v) is 4.82. The Hall–Kier alpha value is -3.03. The number of rotatable bonds is 4. The van der Waals surface area contributed by atoms with Gasteiger partial charge in [-0.15, -0.1) is 16.4 Å². The largest absolute Gasteiger partial charge is 0.290 e. The minimum Gasteiger partial charge on any atom is -0.290 e. The van der Waals surface area contributed by atoms with Crippen molar-refractivity contribution in [1.29, 1.82) is 0 Å². The predicted octanol–water partition coefficient (Wildman–Crippen LogP) is 4.90. The fraction of sp³-hybridized carbons (Fsp3) is 0. The number of carbonyl (C=O) groups is 1. The lowest BCUT2D eigenvalue weighted by Gasteiger charge is -1.99. The zero-order valence-electron chi connectivity index (χ0n) is 13.8. The molecular weight excluding hydrogens is 387 g/mol. The number of thiazole rings is 1. The van der Waals surface area contributed by atoms with Gasteiger partial charge in [0.2, 0.25) is 4.96 Å². The molecule has 27 heavy (non-hydrogen) atoms. The molecule has 0 saturated heterocycles. The molecule has 0 aliphatic carbocycles. The fourth-order valence-corrected chi connectivity index (χ4v) is 3.41. The summed E-state index contributed by atoms with van der Waals surface area (Å²) < 4.78 is 14.6. The van der Waals surface area contributed by atoms with Crippen LogP contribution < -0.4 is 5.32 Å². The van der Waals surface area contributed by atoms with Gasteiger partial charge < -0.3 is 0 Å². The standard InChI is InChI=1S/C19H12ClFN4OS/c20-14-6-4-13(5-7-14)16-11-27-19-23-18(24-25(16)19)22-17(26)10-3-12-1-8-15(21)9-2-12/h1-11H,(H,22,24,26)/b10-3+. The Bertz CT molecular complexity index is 1130. The van der Waals surface area contributed by atoms with Gasteiger partial charge >= 0.3 is 0 Å². The van der Waals surface area contributed by atoms with Crippen molar-refractivity contribution in [2.75, 3.05) is 5.32 Å². The van der Waals surface area contributed by atoms with E-state index >= 15 is 0 Å². The molecule has 8 heteroatoms. The maximum Gasteiger partial charge on any atom is 0.250 e. The number of fused-ring (bicyclic) bond motifs is 1. The van der Waals surface area contributed by atoms with E-state index < -0.39 is 0 Å². The van der Waals surface area contributed by atoms with Crippen LogP contribution in [0.5, 0.6) is 0 Å². The number of nitrogens with one attached hydrogen (secondary N) is 1. The Labute approximate surface area is 162 Å². The summed E-state index contributed by atoms with van der Waals surface area (Å²) in [6.45, 7) is 0. The number of benzene rings is 2. The molecule has 0 atom stereocenters. The second-order valence-electron chi connectivity index (χ2n) is 5.63. The van der Waals surface area contributed by atoms with E-state index in [0.29, 0.717) is 9.98 Å². The molecule has 4 aromatic rings. The van der Waals surface area contributed by atoms with E-state index in [-0.39, 0.29) is 17.7 Å². The van der Waals surface area contributed by atoms with Crippen LogP contribution in [0, 0.1) is 5.82 Å². The molecule has 5 nitrogen and oxygen atoms in total. The van der Waals surface area contributed by atoms with Gasteiger partial charge in [0.05, 0.1) is 5.69 Å². The minimum absolute atomic E-state index is 0.214. The van der Waals surface area contributed by atoms with Crippen molar-refractivity contribution in [2.45, 2.75) is 0 Å². The minimum atomic E-state index is -0.370. The second-order valence-corrected chi connectivity index (χ2v) is 6.90. The fourth-order valence-electron chi connectivity index (χ4n) is 2.45. The van der Waals surface area contributed by atoms with Gasteiger partial charge in [-0.05, 0) is 35.9 Å². The lowest BCUT2D eigenvalue weighted by Crippen LogP contribution is -2.09. The molecule has 0 saturated carbocycles. The van der Waals surface area contributed by atoms with Crippen LogP contribution in [0.4, 0.5) is 10.3 Å². The van der Waals surface area contributed by atoms with Crippen LogP contribution >= 0.6 is 22.9 Å². The molecular formula is C19H12ClFN4OS. The highest BCUT2D eigenvalue weighted by molar-refractivity contribution is 7.15. The topological polar surface area (TPSA) is 59.3 Å². The van der Waals surface area contributed by atoms with Crippen LogP contribution in [0.15, 0.2) is 60.0 Å². The van der Waals surface area contributed by atoms with E-state index in [1.807, 2.05) is 17.5 Å². The monoisotopic (exact) mass is 398 g/mol. The van der Waals surface area contributed by atoms with E-state index in [1.165, 1.54) is 29.5 Å². The van der Waals surface area contributed by atoms with Gasteiger partial charge in [0.15, 0.2) is 0 Å². The molecule has 1 amide bonds. The van der Waals surface area contributed by atoms with Crippen molar-refractivity contribution < 1.29 is 9.18 Å². The highest BCUT2D eigenvalue weighted by Crippen LogP contribution is 2.26. The van der Waals surface area contributed by atoms with Gasteiger partial charge in [0.1, 0.15) is 5.82 Å². The summed E-state index contributed by atoms with van der Waals surface area (Å²) in [4.78, 5) is 17.0. The maximum absolute atomic E-state index is 12.9. The van der Waals surface area contributed by atoms with Crippen molar-refractivity contribution in [1.82, 2.24) is 14.6 Å². The summed E-state index contributed by atoms with van der Waals surface area (Å²) >= 11 is 7.35. The summed E-state index contributed by atoms with van der Waals surface area (Å²) in [5, 5.41) is 9.58. The molecule has 1 N–H and O–H groups in total. The van der Waals surface area contributed by atoms with Crippen molar-refractivity contribution in [2.24, 2.45) is 0 Å². The van der Waals surface area contributed by atoms with Crippen LogP contribution in [-0.4, -0.2) is 20.5 Å². The molecule has 0 fully saturated rings. The van der Waals surface area contributed by atoms with Gasteiger partial charge in [-0.2, -0.15) is 4.98 Å². The van der Waals surface area contributed by atoms with Gasteiger partial charge in [-0.1, -0.05) is 35.9 Å². The van der Waals surface area contributed by atoms with Gasteiger partial charge in [0.25, 0.3) is 11.9 Å². The first kappa shape index (κ1) is 17.4. The Balaban J connectivity index is 1.52. The first-order valence-corrected chi connectivity index (χ1v) is 9.19. The maximum atomic E-state index is 12.9. The number of hydrogen-bond donors (Lipinski definition) is 1. The third kappa shape index (κ3) is 3.89. The van der Waals surface area contributed by atoms with Gasteiger partial charge in [0, 0.05) is 22.0 Å². The van der Waals surface area contributed by atoms with E-state index in [1.54, 1.807) is 34.9 Å². The third-order valence-electron chi connectivity index (χ3n) is 3.75. The van der Waals surface area contributed by atoms with E-state index in [2.05, 4.69) is 15.4 Å². The zero-order valence-corrected chi connectivity index (χ0v) is 15.3. The molecule has 2 aromatic carbocycles. The molecule has 2 heterocycles. The lowest BCUT2D eigenvalue weighted by molar-refractivity contribution is -0.111. The quantitative estimate of drug-likeness (QED) is 0.497. The molecule has 0 unspecified atom stereocenters. The number of halogens is 2. The summed E-state index contributed by atoms with van der Waals surface area (Å²) in [5.74, 6) is -0.480. The van der Waals surface area contributed by atoms with Gasteiger partial charge in [-0.3, -0.25) is 10.1 Å². The molecule has 2 aromatic heterocycles. The summed E-state index contributed by atoms with van der Waals surface area (Å²) in [7, 11) is 0. The van der Waals surface area contributed by atoms with Gasteiger partial charge in [-0.25, -0.2) is 8.91 Å². The Morgan fingerprint density at radius 1 is 1.15 bits per heavy atom. The number of amides is 1. The van der Waals surface area contributed by atoms with E-state index in [4.69, 9.17) is 11.6 Å². The van der Waals surface area contributed by atoms with Crippen LogP contribution in [0.3, 0.4) is 0 Å². The van der Waals surface area contributed by atoms with Crippen LogP contribution in [0.25, 0.3) is 22.3 Å². The number of aromatic nitrogens is 3. The van der Waals surface area contributed by atoms with E-state index in [0.717, 1.165) is 16.8 Å². The molecule has 0 aliphatic heterocycles. The van der Waals surface area contributed by atoms with Crippen molar-refractivity contribution >= 4 is 45.8 Å². The highest BCUT2D eigenvalue weighted by atomic mass is 35.5. The molecule has 0 bridgehead atoms. The first-order valence-electron chi connectivity index (χ1n) is 7.93. The average Bonchev–Trinajstić information content (AvgIpc) is 3.22. The second kappa shape index (κ2) is 7.30. The zero-order chi connectivity index (χ0) is 18.8. The number of hydrogen-bond acceptors (Lipinski definition) is 4. The van der Waals surface area contributed by atoms with Crippen molar-refractivity contribution in [3.05, 3.63) is 76.4 Å². The smallest absolute Gasteiger partial charge is 0.250 e. The van der Waals surface area contributed by atoms with Crippen LogP contribution in [-0.2, 0) is 4.79 Å². The highest BCUT2D eigenvalue weighted by Gasteiger charge is 2.12. The molecule has 0 spiro atoms. The molecule has 0 radical (unpaired) electrons. The van der Waals surface area contributed by atoms with Crippen molar-refractivity contribution in [3.8, 4) is 11.3 Å². The Morgan fingerprint density at radius 2 is 1.89 bits per heavy atom. The van der Waals surface area contributed by atoms with Crippen LogP contribution in [0.2, 0.25) is 5.02 Å². The van der Waals surface area contributed by atoms with Crippen LogP contribution in [0.1, 0.15) is 5.56 Å². The number of anilines is 1. The molecule has 134 valence electrons. The summed E-state index contributed by atoms with van der Waals surface area (Å²) in [6.07, 6.45) is 2.94. The number of nitrogens with zero attached hydrogens (tertiary/aromatic N) is 3.